The van der Waals surface area contributed by atoms with Gasteiger partial charge in [-0.15, -0.1) is 0 Å². The molecule has 1 amide bonds. The third-order valence-corrected chi connectivity index (χ3v) is 1.59. The summed E-state index contributed by atoms with van der Waals surface area (Å²) in [5.41, 5.74) is -0.771. The van der Waals surface area contributed by atoms with Crippen molar-refractivity contribution in [2.24, 2.45) is 0 Å². The normalized spacial score (nSPS) is 9.50. The molecule has 2 N–H and O–H groups in total. The van der Waals surface area contributed by atoms with E-state index in [9.17, 15) is 20.0 Å². The Labute approximate surface area is 79.3 Å². The number of carbonyl (C=O) groups is 1. The van der Waals surface area contributed by atoms with Gasteiger partial charge in [0.05, 0.1) is 17.5 Å². The van der Waals surface area contributed by atoms with Crippen molar-refractivity contribution in [3.63, 3.8) is 0 Å². The van der Waals surface area contributed by atoms with Crippen LogP contribution in [0.25, 0.3) is 0 Å². The first-order chi connectivity index (χ1) is 6.57. The number of nitrogens with one attached hydrogen (secondary N) is 1. The van der Waals surface area contributed by atoms with Crippen LogP contribution in [0.3, 0.4) is 0 Å². The molecule has 0 aliphatic carbocycles. The summed E-state index contributed by atoms with van der Waals surface area (Å²) in [5.74, 6) is -1.48. The second-order valence-electron chi connectivity index (χ2n) is 2.40. The van der Waals surface area contributed by atoms with Crippen molar-refractivity contribution < 1.29 is 14.8 Å². The molecule has 6 heteroatoms. The first-order valence-corrected chi connectivity index (χ1v) is 3.55. The van der Waals surface area contributed by atoms with E-state index < -0.39 is 22.3 Å². The van der Waals surface area contributed by atoms with Crippen molar-refractivity contribution in [2.75, 3.05) is 0 Å². The van der Waals surface area contributed by atoms with E-state index in [2.05, 4.69) is 0 Å². The third-order valence-electron chi connectivity index (χ3n) is 1.59. The lowest BCUT2D eigenvalue weighted by atomic mass is 10.1. The van der Waals surface area contributed by atoms with Gasteiger partial charge in [-0.2, -0.15) is 0 Å². The Balaban J connectivity index is 3.27. The molecule has 0 saturated heterocycles. The van der Waals surface area contributed by atoms with Crippen LogP contribution in [-0.2, 0) is 0 Å². The number of rotatable bonds is 2. The predicted molar refractivity (Wildman–Crippen MR) is 46.5 cm³/mol. The molecule has 0 spiro atoms. The number of amides is 1. The fourth-order valence-electron chi connectivity index (χ4n) is 0.940. The van der Waals surface area contributed by atoms with Crippen LogP contribution >= 0.6 is 0 Å². The molecule has 0 aliphatic heterocycles. The minimum absolute atomic E-state index is 0.235. The van der Waals surface area contributed by atoms with E-state index >= 15 is 0 Å². The Morgan fingerprint density at radius 2 is 2.21 bits per heavy atom. The molecule has 0 saturated carbocycles. The second kappa shape index (κ2) is 3.73. The van der Waals surface area contributed by atoms with Gasteiger partial charge in [0.2, 0.25) is 5.75 Å². The summed E-state index contributed by atoms with van der Waals surface area (Å²) in [6.07, 6.45) is 0. The minimum atomic E-state index is -0.789. The molecule has 0 aromatic heterocycles. The summed E-state index contributed by atoms with van der Waals surface area (Å²) in [7, 11) is 4.82. The Bertz CT molecular complexity index is 389. The largest absolute Gasteiger partial charge is 0.502 e. The number of nitrogens with zero attached hydrogens (tertiary/aromatic N) is 1. The van der Waals surface area contributed by atoms with Gasteiger partial charge in [0.1, 0.15) is 0 Å². The Morgan fingerprint density at radius 1 is 1.57 bits per heavy atom. The molecule has 0 heterocycles. The summed E-state index contributed by atoms with van der Waals surface area (Å²) in [5, 5.41) is 21.4. The SMILES string of the molecule is [CH]NC(=O)c1cccc([N+](=O)[O-])c1O. The van der Waals surface area contributed by atoms with E-state index in [1.54, 1.807) is 5.32 Å². The van der Waals surface area contributed by atoms with Gasteiger partial charge in [-0.1, -0.05) is 6.07 Å². The van der Waals surface area contributed by atoms with Crippen molar-refractivity contribution in [1.82, 2.24) is 5.32 Å². The fraction of sp³-hybridized carbons (Fsp3) is 0. The molecule has 0 fully saturated rings. The second-order valence-corrected chi connectivity index (χ2v) is 2.40. The van der Waals surface area contributed by atoms with Gasteiger partial charge in [-0.3, -0.25) is 14.9 Å². The van der Waals surface area contributed by atoms with Crippen LogP contribution < -0.4 is 5.32 Å². The summed E-state index contributed by atoms with van der Waals surface area (Å²) in [6, 6.07) is 3.59. The number of hydrogen-bond acceptors (Lipinski definition) is 4. The lowest BCUT2D eigenvalue weighted by Crippen LogP contribution is -2.15. The zero-order valence-electron chi connectivity index (χ0n) is 6.93. The summed E-state index contributed by atoms with van der Waals surface area (Å²) < 4.78 is 0. The Hall–Kier alpha value is -2.11. The predicted octanol–water partition coefficient (Wildman–Crippen LogP) is 0.699. The molecule has 0 unspecified atom stereocenters. The summed E-state index contributed by atoms with van der Waals surface area (Å²) in [4.78, 5) is 20.6. The molecular formula is C8H6N2O4. The topological polar surface area (TPSA) is 92.5 Å². The number of nitro groups is 1. The van der Waals surface area contributed by atoms with Crippen molar-refractivity contribution in [2.45, 2.75) is 0 Å². The molecular weight excluding hydrogens is 188 g/mol. The highest BCUT2D eigenvalue weighted by Gasteiger charge is 2.19. The number of benzene rings is 1. The lowest BCUT2D eigenvalue weighted by molar-refractivity contribution is -0.385. The van der Waals surface area contributed by atoms with Gasteiger partial charge in [0, 0.05) is 6.07 Å². The van der Waals surface area contributed by atoms with E-state index in [-0.39, 0.29) is 5.56 Å². The fourth-order valence-corrected chi connectivity index (χ4v) is 0.940. The first kappa shape index (κ1) is 9.97. The van der Waals surface area contributed by atoms with Crippen LogP contribution in [0.5, 0.6) is 5.75 Å². The molecule has 1 rings (SSSR count). The molecule has 6 nitrogen and oxygen atoms in total. The zero-order valence-corrected chi connectivity index (χ0v) is 6.93. The number of hydrogen-bond donors (Lipinski definition) is 2. The van der Waals surface area contributed by atoms with Crippen LogP contribution in [0.2, 0.25) is 0 Å². The molecule has 0 atom stereocenters. The maximum atomic E-state index is 11.0. The van der Waals surface area contributed by atoms with Crippen molar-refractivity contribution >= 4 is 11.6 Å². The Morgan fingerprint density at radius 3 is 2.71 bits per heavy atom. The minimum Gasteiger partial charge on any atom is -0.502 e. The van der Waals surface area contributed by atoms with Crippen LogP contribution in [0.15, 0.2) is 18.2 Å². The molecule has 1 aromatic carbocycles. The molecule has 2 radical (unpaired) electrons. The maximum absolute atomic E-state index is 11.0. The van der Waals surface area contributed by atoms with E-state index in [0.717, 1.165) is 6.07 Å². The van der Waals surface area contributed by atoms with Crippen molar-refractivity contribution in [3.05, 3.63) is 40.9 Å². The average Bonchev–Trinajstić information content (AvgIpc) is 2.16. The zero-order chi connectivity index (χ0) is 10.7. The Kier molecular flexibility index (Phi) is 2.66. The summed E-state index contributed by atoms with van der Waals surface area (Å²) in [6.45, 7) is 0. The van der Waals surface area contributed by atoms with Crippen LogP contribution in [0, 0.1) is 17.2 Å². The third kappa shape index (κ3) is 1.63. The highest BCUT2D eigenvalue weighted by atomic mass is 16.6. The highest BCUT2D eigenvalue weighted by Crippen LogP contribution is 2.28. The van der Waals surface area contributed by atoms with Gasteiger partial charge in [-0.05, 0) is 6.07 Å². The van der Waals surface area contributed by atoms with E-state index in [0.29, 0.717) is 0 Å². The number of phenols is 1. The first-order valence-electron chi connectivity index (χ1n) is 3.55. The molecule has 0 aliphatic rings. The maximum Gasteiger partial charge on any atom is 0.311 e. The van der Waals surface area contributed by atoms with E-state index in [1.165, 1.54) is 12.1 Å². The molecule has 0 bridgehead atoms. The van der Waals surface area contributed by atoms with Gasteiger partial charge in [0.25, 0.3) is 5.91 Å². The van der Waals surface area contributed by atoms with E-state index in [1.807, 2.05) is 0 Å². The van der Waals surface area contributed by atoms with Crippen molar-refractivity contribution in [3.8, 4) is 5.75 Å². The van der Waals surface area contributed by atoms with Crippen LogP contribution in [-0.4, -0.2) is 15.9 Å². The van der Waals surface area contributed by atoms with E-state index in [4.69, 9.17) is 7.05 Å². The smallest absolute Gasteiger partial charge is 0.311 e. The lowest BCUT2D eigenvalue weighted by Gasteiger charge is -2.02. The number of carbonyl (C=O) groups excluding carboxylic acids is 1. The van der Waals surface area contributed by atoms with Gasteiger partial charge < -0.3 is 10.4 Å². The highest BCUT2D eigenvalue weighted by molar-refractivity contribution is 5.98. The van der Waals surface area contributed by atoms with Crippen LogP contribution in [0.4, 0.5) is 5.69 Å². The standard InChI is InChI=1S/C8H6N2O4/c1-9-8(12)5-3-2-4-6(7(5)11)10(13)14/h1-4,11H,(H,9,12). The summed E-state index contributed by atoms with van der Waals surface area (Å²) >= 11 is 0. The monoisotopic (exact) mass is 194 g/mol. The average molecular weight is 194 g/mol. The van der Waals surface area contributed by atoms with Gasteiger partial charge in [-0.25, -0.2) is 0 Å². The van der Waals surface area contributed by atoms with Gasteiger partial charge in [0.15, 0.2) is 0 Å². The quantitative estimate of drug-likeness (QED) is 0.411. The molecule has 14 heavy (non-hydrogen) atoms. The number of aromatic hydroxyl groups is 1. The number of phenolic OH excluding ortho intramolecular Hbond substituents is 1. The van der Waals surface area contributed by atoms with Gasteiger partial charge >= 0.3 is 5.69 Å². The van der Waals surface area contributed by atoms with Crippen LogP contribution in [0.1, 0.15) is 10.4 Å². The van der Waals surface area contributed by atoms with Crippen molar-refractivity contribution in [1.29, 1.82) is 0 Å². The molecule has 1 aromatic rings. The number of para-hydroxylation sites is 1. The number of nitro benzene ring substituents is 1. The molecule has 72 valence electrons.